The van der Waals surface area contributed by atoms with Gasteiger partial charge in [0.2, 0.25) is 0 Å². The molecule has 0 aliphatic rings. The molecule has 0 aliphatic carbocycles. The summed E-state index contributed by atoms with van der Waals surface area (Å²) < 4.78 is 13.0. The van der Waals surface area contributed by atoms with Crippen molar-refractivity contribution in [3.8, 4) is 6.07 Å². The molecule has 0 saturated carbocycles. The van der Waals surface area contributed by atoms with Gasteiger partial charge in [0.1, 0.15) is 16.8 Å². The van der Waals surface area contributed by atoms with Crippen molar-refractivity contribution in [2.45, 2.75) is 6.54 Å². The molecule has 0 radical (unpaired) electrons. The number of hydrogen-bond acceptors (Lipinski definition) is 3. The summed E-state index contributed by atoms with van der Waals surface area (Å²) in [7, 11) is 0. The second-order valence-electron chi connectivity index (χ2n) is 3.78. The molecule has 0 amide bonds. The van der Waals surface area contributed by atoms with Crippen molar-refractivity contribution in [1.82, 2.24) is 4.98 Å². The van der Waals surface area contributed by atoms with E-state index in [2.05, 4.69) is 10.3 Å². The highest BCUT2D eigenvalue weighted by Crippen LogP contribution is 2.18. The maximum atomic E-state index is 13.0. The first kappa shape index (κ1) is 13.6. The van der Waals surface area contributed by atoms with E-state index in [1.54, 1.807) is 12.1 Å². The number of rotatable bonds is 3. The van der Waals surface area contributed by atoms with Gasteiger partial charge in [-0.3, -0.25) is 0 Å². The Balaban J connectivity index is 2.12. The van der Waals surface area contributed by atoms with Crippen LogP contribution < -0.4 is 5.32 Å². The summed E-state index contributed by atoms with van der Waals surface area (Å²) in [6, 6.07) is 9.48. The number of halogens is 3. The van der Waals surface area contributed by atoms with Gasteiger partial charge in [0, 0.05) is 6.54 Å². The van der Waals surface area contributed by atoms with Crippen LogP contribution in [0.2, 0.25) is 10.2 Å². The molecule has 0 unspecified atom stereocenters. The highest BCUT2D eigenvalue weighted by atomic mass is 35.5. The van der Waals surface area contributed by atoms with Crippen molar-refractivity contribution < 1.29 is 4.39 Å². The van der Waals surface area contributed by atoms with Crippen LogP contribution in [0.4, 0.5) is 10.2 Å². The van der Waals surface area contributed by atoms with Gasteiger partial charge in [-0.1, -0.05) is 29.3 Å². The molecule has 0 aliphatic heterocycles. The van der Waals surface area contributed by atoms with E-state index in [-0.39, 0.29) is 10.2 Å². The molecule has 1 N–H and O–H groups in total. The fraction of sp³-hybridized carbons (Fsp3) is 0.0769. The van der Waals surface area contributed by atoms with Crippen molar-refractivity contribution in [2.24, 2.45) is 0 Å². The lowest BCUT2D eigenvalue weighted by atomic mass is 10.2. The average molecular weight is 296 g/mol. The Hall–Kier alpha value is -1.83. The first-order valence-corrected chi connectivity index (χ1v) is 6.09. The molecule has 2 aromatic rings. The smallest absolute Gasteiger partial charge is 0.141 e. The highest BCUT2D eigenvalue weighted by molar-refractivity contribution is 6.30. The van der Waals surface area contributed by atoms with Crippen LogP contribution in [0.25, 0.3) is 0 Å². The van der Waals surface area contributed by atoms with Gasteiger partial charge >= 0.3 is 0 Å². The third-order valence-corrected chi connectivity index (χ3v) is 2.86. The lowest BCUT2D eigenvalue weighted by Gasteiger charge is -2.07. The molecule has 1 aromatic heterocycles. The molecule has 1 aromatic carbocycles. The Morgan fingerprint density at radius 1 is 1.26 bits per heavy atom. The summed E-state index contributed by atoms with van der Waals surface area (Å²) in [6.45, 7) is 0.401. The van der Waals surface area contributed by atoms with Crippen LogP contribution in [0.1, 0.15) is 11.1 Å². The van der Waals surface area contributed by atoms with Gasteiger partial charge in [0.05, 0.1) is 16.7 Å². The summed E-state index contributed by atoms with van der Waals surface area (Å²) in [5, 5.41) is 12.1. The van der Waals surface area contributed by atoms with E-state index in [1.165, 1.54) is 18.2 Å². The topological polar surface area (TPSA) is 48.7 Å². The SMILES string of the molecule is N#Cc1cc(Cl)nc(NCc2ccc(F)c(Cl)c2)c1. The molecule has 0 fully saturated rings. The highest BCUT2D eigenvalue weighted by Gasteiger charge is 2.03. The van der Waals surface area contributed by atoms with Gasteiger partial charge in [0.25, 0.3) is 0 Å². The molecule has 2 rings (SSSR count). The Bertz CT molecular complexity index is 653. The predicted molar refractivity (Wildman–Crippen MR) is 72.7 cm³/mol. The first-order chi connectivity index (χ1) is 9.08. The van der Waals surface area contributed by atoms with Crippen molar-refractivity contribution in [2.75, 3.05) is 5.32 Å². The number of hydrogen-bond donors (Lipinski definition) is 1. The zero-order valence-corrected chi connectivity index (χ0v) is 11.1. The predicted octanol–water partition coefficient (Wildman–Crippen LogP) is 4.01. The van der Waals surface area contributed by atoms with Crippen molar-refractivity contribution in [3.05, 3.63) is 57.5 Å². The van der Waals surface area contributed by atoms with Gasteiger partial charge in [-0.15, -0.1) is 0 Å². The Morgan fingerprint density at radius 3 is 2.74 bits per heavy atom. The molecule has 0 spiro atoms. The van der Waals surface area contributed by atoms with Crippen LogP contribution >= 0.6 is 23.2 Å². The number of nitrogens with one attached hydrogen (secondary N) is 1. The normalized spacial score (nSPS) is 10.0. The molecule has 0 bridgehead atoms. The summed E-state index contributed by atoms with van der Waals surface area (Å²) >= 11 is 11.5. The summed E-state index contributed by atoms with van der Waals surface area (Å²) in [6.07, 6.45) is 0. The number of nitriles is 1. The van der Waals surface area contributed by atoms with Crippen LogP contribution in [0.15, 0.2) is 30.3 Å². The molecule has 19 heavy (non-hydrogen) atoms. The lowest BCUT2D eigenvalue weighted by molar-refractivity contribution is 0.627. The second kappa shape index (κ2) is 5.87. The number of nitrogens with zero attached hydrogens (tertiary/aromatic N) is 2. The van der Waals surface area contributed by atoms with Gasteiger partial charge in [-0.2, -0.15) is 5.26 Å². The van der Waals surface area contributed by atoms with E-state index in [0.29, 0.717) is 17.9 Å². The summed E-state index contributed by atoms with van der Waals surface area (Å²) in [4.78, 5) is 4.03. The molecule has 0 atom stereocenters. The van der Waals surface area contributed by atoms with E-state index in [0.717, 1.165) is 5.56 Å². The number of aromatic nitrogens is 1. The van der Waals surface area contributed by atoms with Crippen molar-refractivity contribution in [1.29, 1.82) is 5.26 Å². The molecule has 1 heterocycles. The monoisotopic (exact) mass is 295 g/mol. The van der Waals surface area contributed by atoms with Gasteiger partial charge in [-0.05, 0) is 29.8 Å². The van der Waals surface area contributed by atoms with Gasteiger partial charge in [-0.25, -0.2) is 9.37 Å². The quantitative estimate of drug-likeness (QED) is 0.870. The van der Waals surface area contributed by atoms with Crippen LogP contribution in [0.3, 0.4) is 0 Å². The third kappa shape index (κ3) is 3.57. The standard InChI is InChI=1S/C13H8Cl2FN3/c14-10-3-8(1-2-11(10)16)7-18-13-5-9(6-17)4-12(15)19-13/h1-5H,7H2,(H,18,19). The number of anilines is 1. The first-order valence-electron chi connectivity index (χ1n) is 5.34. The molecular formula is C13H8Cl2FN3. The van der Waals surface area contributed by atoms with Crippen molar-refractivity contribution in [3.63, 3.8) is 0 Å². The van der Waals surface area contributed by atoms with Gasteiger partial charge < -0.3 is 5.32 Å². The minimum atomic E-state index is -0.460. The maximum absolute atomic E-state index is 13.0. The molecule has 96 valence electrons. The van der Waals surface area contributed by atoms with Crippen molar-refractivity contribution >= 4 is 29.0 Å². The van der Waals surface area contributed by atoms with Crippen LogP contribution in [0.5, 0.6) is 0 Å². The van der Waals surface area contributed by atoms with E-state index in [9.17, 15) is 4.39 Å². The Morgan fingerprint density at radius 2 is 2.05 bits per heavy atom. The lowest BCUT2D eigenvalue weighted by Crippen LogP contribution is -2.02. The maximum Gasteiger partial charge on any atom is 0.141 e. The van der Waals surface area contributed by atoms with Crippen LogP contribution in [-0.2, 0) is 6.54 Å². The minimum absolute atomic E-state index is 0.0658. The fourth-order valence-electron chi connectivity index (χ4n) is 1.49. The van der Waals surface area contributed by atoms with Gasteiger partial charge in [0.15, 0.2) is 0 Å². The molecule has 0 saturated heterocycles. The zero-order chi connectivity index (χ0) is 13.8. The van der Waals surface area contributed by atoms with E-state index in [4.69, 9.17) is 28.5 Å². The van der Waals surface area contributed by atoms with E-state index in [1.807, 2.05) is 6.07 Å². The second-order valence-corrected chi connectivity index (χ2v) is 4.57. The largest absolute Gasteiger partial charge is 0.366 e. The average Bonchev–Trinajstić information content (AvgIpc) is 2.39. The molecular weight excluding hydrogens is 288 g/mol. The Kier molecular flexibility index (Phi) is 4.20. The third-order valence-electron chi connectivity index (χ3n) is 2.38. The zero-order valence-electron chi connectivity index (χ0n) is 9.62. The fourth-order valence-corrected chi connectivity index (χ4v) is 1.91. The van der Waals surface area contributed by atoms with Crippen LogP contribution in [-0.4, -0.2) is 4.98 Å². The van der Waals surface area contributed by atoms with E-state index < -0.39 is 5.82 Å². The molecule has 6 heteroatoms. The summed E-state index contributed by atoms with van der Waals surface area (Å²) in [5.41, 5.74) is 1.21. The van der Waals surface area contributed by atoms with Crippen LogP contribution in [0, 0.1) is 17.1 Å². The number of benzene rings is 1. The van der Waals surface area contributed by atoms with E-state index >= 15 is 0 Å². The molecule has 3 nitrogen and oxygen atoms in total. The minimum Gasteiger partial charge on any atom is -0.366 e. The summed E-state index contributed by atoms with van der Waals surface area (Å²) in [5.74, 6) is 0.0163. The Labute approximate surface area is 119 Å². The number of pyridine rings is 1.